The van der Waals surface area contributed by atoms with Crippen LogP contribution in [0.5, 0.6) is 0 Å². The van der Waals surface area contributed by atoms with E-state index in [1.165, 1.54) is 88.8 Å². The van der Waals surface area contributed by atoms with Crippen molar-refractivity contribution >= 4 is 280 Å². The number of nitrogens with two attached hydrogens (primary N) is 3. The number of urea groups is 1. The van der Waals surface area contributed by atoms with Crippen LogP contribution in [0.2, 0.25) is 0 Å². The molecule has 6 amide bonds. The number of likely N-dealkylation sites (tertiary alicyclic amines) is 2. The average molecular weight is 2470 g/mol. The van der Waals surface area contributed by atoms with E-state index in [2.05, 4.69) is 135 Å². The Balaban J connectivity index is 0.000000538. The van der Waals surface area contributed by atoms with Gasteiger partial charge in [-0.15, -0.1) is 68.0 Å². The first-order chi connectivity index (χ1) is 63.1. The van der Waals surface area contributed by atoms with Crippen molar-refractivity contribution in [1.82, 2.24) is 24.7 Å². The molecule has 10 rings (SSSR count). The summed E-state index contributed by atoms with van der Waals surface area (Å²) in [6.45, 7) is 19.0. The summed E-state index contributed by atoms with van der Waals surface area (Å²) in [6.07, 6.45) is -16.2. The molecule has 0 bridgehead atoms. The van der Waals surface area contributed by atoms with Crippen LogP contribution in [0.1, 0.15) is 168 Å². The number of ether oxygens (including phenoxy) is 9. The van der Waals surface area contributed by atoms with Gasteiger partial charge in [0.1, 0.15) is 45.9 Å². The second-order valence-electron chi connectivity index (χ2n) is 30.3. The predicted molar refractivity (Wildman–Crippen MR) is 510 cm³/mol. The van der Waals surface area contributed by atoms with E-state index in [-0.39, 0.29) is 80.9 Å². The van der Waals surface area contributed by atoms with Gasteiger partial charge in [-0.25, -0.2) is 52.7 Å². The Morgan fingerprint density at radius 1 is 0.453 bits per heavy atom. The van der Waals surface area contributed by atoms with Crippen LogP contribution in [0.15, 0.2) is 71.9 Å². The highest BCUT2D eigenvalue weighted by atomic mass is 79.9. The molecule has 766 valence electrons. The summed E-state index contributed by atoms with van der Waals surface area (Å²) in [5.74, 6) is -13.8. The highest BCUT2D eigenvalue weighted by molar-refractivity contribution is 9.12. The molecule has 7 aromatic heterocycles. The van der Waals surface area contributed by atoms with E-state index in [1.807, 2.05) is 62.3 Å². The number of carbonyl (C=O) groups excluding carboxylic acids is 13. The molecule has 0 spiro atoms. The van der Waals surface area contributed by atoms with Crippen molar-refractivity contribution in [3.8, 4) is 0 Å². The van der Waals surface area contributed by atoms with Crippen molar-refractivity contribution < 1.29 is 158 Å². The maximum atomic E-state index is 12.7. The fourth-order valence-electron chi connectivity index (χ4n) is 10.4. The van der Waals surface area contributed by atoms with Crippen molar-refractivity contribution in [1.29, 1.82) is 0 Å². The van der Waals surface area contributed by atoms with E-state index in [0.717, 1.165) is 84.8 Å². The van der Waals surface area contributed by atoms with Gasteiger partial charge in [0.15, 0.2) is 0 Å². The summed E-state index contributed by atoms with van der Waals surface area (Å²) in [7, 11) is 6.14. The molecule has 0 aromatic carbocycles. The molecule has 0 radical (unpaired) electrons. The summed E-state index contributed by atoms with van der Waals surface area (Å²) in [6, 6.07) is 8.76. The number of anilines is 5. The molecule has 59 heteroatoms. The number of nitrogens with one attached hydrogen (secondary N) is 5. The van der Waals surface area contributed by atoms with Crippen molar-refractivity contribution in [2.75, 3.05) is 99.8 Å². The number of hydrogen-bond acceptors (Lipinski definition) is 33. The molecule has 1 aliphatic carbocycles. The maximum Gasteiger partial charge on any atom is 0.491 e. The van der Waals surface area contributed by atoms with E-state index < -0.39 is 94.8 Å². The van der Waals surface area contributed by atoms with Crippen LogP contribution in [0.25, 0.3) is 10.2 Å². The molecule has 0 unspecified atom stereocenters. The van der Waals surface area contributed by atoms with Crippen molar-refractivity contribution in [3.63, 3.8) is 0 Å². The van der Waals surface area contributed by atoms with Gasteiger partial charge < -0.3 is 95.9 Å². The molecule has 7 aromatic rings. The molecule has 2 aliphatic heterocycles. The fourth-order valence-corrected chi connectivity index (χ4v) is 17.8. The van der Waals surface area contributed by atoms with Crippen LogP contribution >= 0.6 is 164 Å². The lowest BCUT2D eigenvalue weighted by molar-refractivity contribution is -0.221. The van der Waals surface area contributed by atoms with Crippen LogP contribution in [-0.2, 0) is 66.6 Å². The Kier molecular flexibility index (Phi) is 51.6. The zero-order valence-corrected chi connectivity index (χ0v) is 88.9. The lowest BCUT2D eigenvalue weighted by Gasteiger charge is -2.33. The number of aromatic amines is 1. The number of fused-ring (bicyclic) bond motifs is 1. The Morgan fingerprint density at radius 2 is 0.825 bits per heavy atom. The van der Waals surface area contributed by atoms with Gasteiger partial charge in [-0.05, 0) is 225 Å². The first kappa shape index (κ1) is 125. The average Bonchev–Trinajstić information content (AvgIpc) is 1.67. The number of hydrogen-bond donors (Lipinski definition) is 8. The van der Waals surface area contributed by atoms with Crippen LogP contribution in [-0.4, -0.2) is 223 Å². The summed E-state index contributed by atoms with van der Waals surface area (Å²) in [5.41, 5.74) is 16.0. The molecule has 2 saturated heterocycles. The van der Waals surface area contributed by atoms with Crippen LogP contribution < -0.4 is 49.7 Å². The number of methoxy groups -OCH3 is 5. The molecule has 0 atom stereocenters. The molecule has 3 fully saturated rings. The summed E-state index contributed by atoms with van der Waals surface area (Å²) >= 11 is 26.0. The van der Waals surface area contributed by atoms with Gasteiger partial charge in [-0.2, -0.15) is 52.7 Å². The summed E-state index contributed by atoms with van der Waals surface area (Å²) in [5, 5.41) is 14.0. The standard InChI is InChI=1S/C18H25BrN2O5S.C16H20BrN3O4S.C10H20N2O2.C8H5BrF3NO3S.C8H6F3NO3S.C6H6BrNO2S.C6H7NO2S.C4F6O3.C2H4Br2/c1-18(2,3)26-15(22)10-5-7-11(8-6-10)20-17(24)21-12-9-13(19)27-14(12)16(23)25-4;1-16(2,3)24-15(23)19-6-4-9(5-7-19)20-13(21)12-10(18-14(20)22)8-11(17)25-12;1-10(2,3)14-9(13)12-6-4-8(11)5-7-12;1-16-6(14)5-3(2-4(9)17-5)13-7(15)8(10,11)12;1-15-6(13)5-4(2-3-16-5)12-7(14)8(9,10)11;1-10-6(9)5-3(8)2-4(7)11-5;1-9-6(8)5-4(7)2-3-10-5;5-3(6,7)1(11)13-2(12)4(8,9)10;3-1-2-4/h9-11H,5-8H2,1-4H3,(H2,20,21,24);8-9H,4-7H2,1-3H3,(H,18,22);8H,4-7,11H2,1-3H3;2H,1H3,(H,13,15);2-3H,1H3,(H,12,14);2H,8H2,1H3;2-3H,7H2,1H3;;1-2H2. The predicted octanol–water partition coefficient (Wildman–Crippen LogP) is 19.5. The number of rotatable bonds is 12. The molecular weight excluding hydrogens is 2370 g/mol. The quantitative estimate of drug-likeness (QED) is 0.0185. The third kappa shape index (κ3) is 44.9. The first-order valence-electron chi connectivity index (χ1n) is 38.8. The number of piperidine rings is 2. The number of alkyl halides is 14. The number of thiophene rings is 6. The number of nitrogens with zero attached hydrogens (tertiary/aromatic N) is 3. The van der Waals surface area contributed by atoms with Gasteiger partial charge >= 0.3 is 108 Å². The minimum absolute atomic E-state index is 0.0210. The zero-order valence-electron chi connectivity index (χ0n) is 74.5. The number of carbonyl (C=O) groups is 13. The lowest BCUT2D eigenvalue weighted by atomic mass is 9.86. The number of amides is 6. The van der Waals surface area contributed by atoms with Gasteiger partial charge in [-0.1, -0.05) is 31.9 Å². The van der Waals surface area contributed by atoms with Crippen molar-refractivity contribution in [3.05, 3.63) is 108 Å². The van der Waals surface area contributed by atoms with Gasteiger partial charge in [0.2, 0.25) is 0 Å². The molecule has 9 heterocycles. The minimum atomic E-state index is -5.62. The van der Waals surface area contributed by atoms with Crippen molar-refractivity contribution in [2.24, 2.45) is 11.7 Å². The Morgan fingerprint density at radius 3 is 1.21 bits per heavy atom. The largest absolute Gasteiger partial charge is 0.491 e. The fraction of sp³-hybridized carbons (Fsp3) is 0.500. The van der Waals surface area contributed by atoms with E-state index in [0.29, 0.717) is 97.3 Å². The maximum absolute atomic E-state index is 12.7. The molecular formula is C78H93Br6F12N11O24S6. The number of halogens is 18. The van der Waals surface area contributed by atoms with Crippen LogP contribution in [0.4, 0.5) is 95.5 Å². The Labute approximate surface area is 847 Å². The van der Waals surface area contributed by atoms with Gasteiger partial charge in [0.05, 0.1) is 90.6 Å². The molecule has 3 aliphatic rings. The van der Waals surface area contributed by atoms with E-state index in [1.54, 1.807) is 50.1 Å². The monoisotopic (exact) mass is 2460 g/mol. The van der Waals surface area contributed by atoms with Gasteiger partial charge in [-0.3, -0.25) is 23.7 Å². The number of aromatic nitrogens is 2. The Hall–Kier alpha value is -8.55. The molecule has 11 N–H and O–H groups in total. The Bertz CT molecular complexity index is 5340. The van der Waals surface area contributed by atoms with E-state index in [9.17, 15) is 125 Å². The lowest BCUT2D eigenvalue weighted by Crippen LogP contribution is -2.46. The minimum Gasteiger partial charge on any atom is -0.465 e. The van der Waals surface area contributed by atoms with Crippen molar-refractivity contribution in [2.45, 2.75) is 173 Å². The third-order valence-electron chi connectivity index (χ3n) is 16.4. The highest BCUT2D eigenvalue weighted by Crippen LogP contribution is 2.37. The second kappa shape index (κ2) is 56.8. The number of H-pyrrole nitrogens is 1. The van der Waals surface area contributed by atoms with Crippen LogP contribution in [0.3, 0.4) is 0 Å². The topological polar surface area (TPSA) is 492 Å². The summed E-state index contributed by atoms with van der Waals surface area (Å²) < 4.78 is 185. The molecule has 1 saturated carbocycles. The number of nitrogen functional groups attached to an aromatic ring is 2. The zero-order chi connectivity index (χ0) is 105. The third-order valence-corrected chi connectivity index (χ3v) is 26.5. The second-order valence-corrected chi connectivity index (χ2v) is 43.4. The summed E-state index contributed by atoms with van der Waals surface area (Å²) in [4.78, 5) is 177. The van der Waals surface area contributed by atoms with Gasteiger partial charge in [0.25, 0.3) is 5.56 Å². The smallest absolute Gasteiger partial charge is 0.465 e. The van der Waals surface area contributed by atoms with Crippen LogP contribution in [0, 0.1) is 5.92 Å². The van der Waals surface area contributed by atoms with Gasteiger partial charge in [0, 0.05) is 55.0 Å². The van der Waals surface area contributed by atoms with E-state index in [4.69, 9.17) is 36.1 Å². The molecule has 137 heavy (non-hydrogen) atoms. The first-order valence-corrected chi connectivity index (χ1v) is 49.2. The highest BCUT2D eigenvalue weighted by Gasteiger charge is 2.49. The normalized spacial score (nSPS) is 14.4. The van der Waals surface area contributed by atoms with E-state index >= 15 is 0 Å². The number of esters is 8. The SMILES string of the molecule is BrCCBr.CC(C)(C)OC(=O)N1CCC(N)CC1.CC(C)(C)OC(=O)N1CCC(n2c(=O)[nH]c3cc(Br)sc3c2=O)CC1.COC(=O)c1sc(Br)cc1N.COC(=O)c1sc(Br)cc1NC(=O)C(F)(F)F.COC(=O)c1sc(Br)cc1NC(=O)NC1CCC(C(=O)OC(C)(C)C)CC1.COC(=O)c1sccc1N.COC(=O)c1sccc1NC(=O)C(F)(F)F.O=C(OC(=O)C(F)(F)F)C(F)(F)F. The molecule has 35 nitrogen and oxygen atoms in total.